The largest absolute Gasteiger partial charge is 0.276 e. The Morgan fingerprint density at radius 3 is 2.18 bits per heavy atom. The first kappa shape index (κ1) is 14.0. The molecule has 5 heteroatoms. The molecule has 0 bridgehead atoms. The predicted molar refractivity (Wildman–Crippen MR) is 71.2 cm³/mol. The molecule has 0 atom stereocenters. The summed E-state index contributed by atoms with van der Waals surface area (Å²) in [6.07, 6.45) is 5.38. The highest BCUT2D eigenvalue weighted by molar-refractivity contribution is 6.67. The summed E-state index contributed by atoms with van der Waals surface area (Å²) in [6, 6.07) is 5.13. The van der Waals surface area contributed by atoms with E-state index < -0.39 is 10.5 Å². The Kier molecular flexibility index (Phi) is 5.42. The quantitative estimate of drug-likeness (QED) is 0.622. The summed E-state index contributed by atoms with van der Waals surface area (Å²) < 4.78 is 0. The van der Waals surface area contributed by atoms with Gasteiger partial charge in [-0.25, -0.2) is 0 Å². The first-order valence-electron chi connectivity index (χ1n) is 4.54. The molecule has 0 saturated heterocycles. The fourth-order valence-corrected chi connectivity index (χ4v) is 1.55. The van der Waals surface area contributed by atoms with Gasteiger partial charge >= 0.3 is 0 Å². The van der Waals surface area contributed by atoms with Gasteiger partial charge in [-0.1, -0.05) is 23.7 Å². The van der Waals surface area contributed by atoms with Crippen LogP contribution in [0.25, 0.3) is 12.2 Å². The number of benzene rings is 1. The number of hydrogen-bond acceptors (Lipinski definition) is 2. The zero-order valence-corrected chi connectivity index (χ0v) is 10.8. The molecule has 0 N–H and O–H groups in total. The highest BCUT2D eigenvalue weighted by atomic mass is 35.5. The van der Waals surface area contributed by atoms with Gasteiger partial charge in [-0.15, -0.1) is 0 Å². The molecule has 2 nitrogen and oxygen atoms in total. The van der Waals surface area contributed by atoms with Crippen LogP contribution < -0.4 is 0 Å². The molecule has 0 fully saturated rings. The van der Waals surface area contributed by atoms with Crippen LogP contribution in [0.15, 0.2) is 30.4 Å². The van der Waals surface area contributed by atoms with E-state index in [2.05, 4.69) is 0 Å². The molecule has 0 aromatic heterocycles. The minimum absolute atomic E-state index is 0.448. The van der Waals surface area contributed by atoms with E-state index in [1.54, 1.807) is 18.2 Å². The smallest absolute Gasteiger partial charge is 0.245 e. The lowest BCUT2D eigenvalue weighted by molar-refractivity contribution is -0.108. The number of hydrogen-bond donors (Lipinski definition) is 0. The van der Waals surface area contributed by atoms with Crippen LogP contribution in [-0.4, -0.2) is 10.5 Å². The number of rotatable bonds is 4. The van der Waals surface area contributed by atoms with Gasteiger partial charge in [-0.3, -0.25) is 9.59 Å². The standard InChI is InChI=1S/C12H7Cl3O2/c13-10-3-1-2-8(4-6-11(14)16)9(10)5-7-12(15)17/h1-7H. The van der Waals surface area contributed by atoms with Crippen molar-refractivity contribution in [1.82, 2.24) is 0 Å². The number of carbonyl (C=O) groups is 2. The van der Waals surface area contributed by atoms with Crippen molar-refractivity contribution >= 4 is 57.4 Å². The lowest BCUT2D eigenvalue weighted by Gasteiger charge is -2.02. The van der Waals surface area contributed by atoms with Crippen LogP contribution in [-0.2, 0) is 9.59 Å². The molecule has 0 aliphatic carbocycles. The molecule has 0 radical (unpaired) electrons. The molecule has 1 aromatic rings. The van der Waals surface area contributed by atoms with Crippen LogP contribution in [0, 0.1) is 0 Å². The molecule has 0 amide bonds. The van der Waals surface area contributed by atoms with E-state index in [9.17, 15) is 9.59 Å². The summed E-state index contributed by atoms with van der Waals surface area (Å²) in [7, 11) is 0. The average molecular weight is 290 g/mol. The summed E-state index contributed by atoms with van der Waals surface area (Å²) in [5, 5.41) is -0.745. The Labute approximate surface area is 113 Å². The maximum absolute atomic E-state index is 10.6. The van der Waals surface area contributed by atoms with E-state index in [0.29, 0.717) is 16.1 Å². The Hall–Kier alpha value is -1.09. The Bertz CT molecular complexity index is 504. The molecule has 0 saturated carbocycles. The zero-order chi connectivity index (χ0) is 12.8. The van der Waals surface area contributed by atoms with Gasteiger partial charge in [-0.2, -0.15) is 0 Å². The summed E-state index contributed by atoms with van der Waals surface area (Å²) in [4.78, 5) is 21.3. The molecule has 0 aliphatic heterocycles. The van der Waals surface area contributed by atoms with Gasteiger partial charge in [0.2, 0.25) is 10.5 Å². The third-order valence-electron chi connectivity index (χ3n) is 1.86. The normalized spacial score (nSPS) is 11.2. The Balaban J connectivity index is 3.17. The summed E-state index contributed by atoms with van der Waals surface area (Å²) in [6.45, 7) is 0. The Morgan fingerprint density at radius 1 is 1.00 bits per heavy atom. The maximum Gasteiger partial charge on any atom is 0.245 e. The SMILES string of the molecule is O=C(Cl)C=Cc1cccc(Cl)c1C=CC(=O)Cl. The minimum Gasteiger partial charge on any atom is -0.276 e. The number of carbonyl (C=O) groups excluding carboxylic acids is 2. The van der Waals surface area contributed by atoms with Crippen molar-refractivity contribution in [2.45, 2.75) is 0 Å². The van der Waals surface area contributed by atoms with Crippen LogP contribution >= 0.6 is 34.8 Å². The molecule has 1 rings (SSSR count). The third kappa shape index (κ3) is 4.73. The van der Waals surface area contributed by atoms with Crippen LogP contribution in [0.2, 0.25) is 5.02 Å². The maximum atomic E-state index is 10.6. The van der Waals surface area contributed by atoms with Crippen molar-refractivity contribution in [1.29, 1.82) is 0 Å². The second-order valence-electron chi connectivity index (χ2n) is 3.02. The highest BCUT2D eigenvalue weighted by Crippen LogP contribution is 2.23. The first-order chi connectivity index (χ1) is 8.00. The zero-order valence-electron chi connectivity index (χ0n) is 8.49. The van der Waals surface area contributed by atoms with Crippen molar-refractivity contribution in [3.8, 4) is 0 Å². The second-order valence-corrected chi connectivity index (χ2v) is 4.17. The van der Waals surface area contributed by atoms with E-state index in [4.69, 9.17) is 34.8 Å². The lowest BCUT2D eigenvalue weighted by atomic mass is 10.1. The van der Waals surface area contributed by atoms with Crippen LogP contribution in [0.4, 0.5) is 0 Å². The van der Waals surface area contributed by atoms with Crippen molar-refractivity contribution in [2.24, 2.45) is 0 Å². The van der Waals surface area contributed by atoms with Gasteiger partial charge < -0.3 is 0 Å². The summed E-state index contributed by atoms with van der Waals surface area (Å²) in [5.41, 5.74) is 1.26. The van der Waals surface area contributed by atoms with E-state index in [1.807, 2.05) is 0 Å². The average Bonchev–Trinajstić information content (AvgIpc) is 2.24. The molecule has 0 heterocycles. The molecule has 17 heavy (non-hydrogen) atoms. The monoisotopic (exact) mass is 288 g/mol. The minimum atomic E-state index is -0.603. The van der Waals surface area contributed by atoms with Crippen molar-refractivity contribution in [2.75, 3.05) is 0 Å². The second kappa shape index (κ2) is 6.60. The predicted octanol–water partition coefficient (Wildman–Crippen LogP) is 3.90. The summed E-state index contributed by atoms with van der Waals surface area (Å²) >= 11 is 16.4. The molecule has 1 aromatic carbocycles. The van der Waals surface area contributed by atoms with Gasteiger partial charge in [0.15, 0.2) is 0 Å². The van der Waals surface area contributed by atoms with Gasteiger partial charge in [-0.05, 0) is 59.1 Å². The van der Waals surface area contributed by atoms with E-state index >= 15 is 0 Å². The van der Waals surface area contributed by atoms with Crippen LogP contribution in [0.1, 0.15) is 11.1 Å². The van der Waals surface area contributed by atoms with Gasteiger partial charge in [0.05, 0.1) is 0 Å². The number of halogens is 3. The lowest BCUT2D eigenvalue weighted by Crippen LogP contribution is -1.85. The molecular weight excluding hydrogens is 282 g/mol. The molecule has 88 valence electrons. The van der Waals surface area contributed by atoms with Gasteiger partial charge in [0.1, 0.15) is 0 Å². The topological polar surface area (TPSA) is 34.1 Å². The van der Waals surface area contributed by atoms with E-state index in [0.717, 1.165) is 0 Å². The van der Waals surface area contributed by atoms with E-state index in [-0.39, 0.29) is 0 Å². The van der Waals surface area contributed by atoms with Crippen molar-refractivity contribution in [3.63, 3.8) is 0 Å². The van der Waals surface area contributed by atoms with Crippen LogP contribution in [0.3, 0.4) is 0 Å². The fourth-order valence-electron chi connectivity index (χ4n) is 1.18. The Morgan fingerprint density at radius 2 is 1.59 bits per heavy atom. The molecule has 0 aliphatic rings. The first-order valence-corrected chi connectivity index (χ1v) is 5.67. The number of allylic oxidation sites excluding steroid dienone is 2. The van der Waals surface area contributed by atoms with Crippen LogP contribution in [0.5, 0.6) is 0 Å². The highest BCUT2D eigenvalue weighted by Gasteiger charge is 2.02. The molecular formula is C12H7Cl3O2. The van der Waals surface area contributed by atoms with Crippen molar-refractivity contribution in [3.05, 3.63) is 46.5 Å². The molecule has 0 spiro atoms. The molecule has 0 unspecified atom stereocenters. The van der Waals surface area contributed by atoms with Gasteiger partial charge in [0, 0.05) is 10.6 Å². The fraction of sp³-hybridized carbons (Fsp3) is 0. The summed E-state index contributed by atoms with van der Waals surface area (Å²) in [5.74, 6) is 0. The van der Waals surface area contributed by atoms with Gasteiger partial charge in [0.25, 0.3) is 0 Å². The van der Waals surface area contributed by atoms with E-state index in [1.165, 1.54) is 24.3 Å². The third-order valence-corrected chi connectivity index (χ3v) is 2.44. The van der Waals surface area contributed by atoms with Crippen molar-refractivity contribution < 1.29 is 9.59 Å².